The Hall–Kier alpha value is -5.14. The number of benzene rings is 5. The zero-order chi connectivity index (χ0) is 31.1. The van der Waals surface area contributed by atoms with Gasteiger partial charge in [-0.3, -0.25) is 0 Å². The smallest absolute Gasteiger partial charge is 0.457 e. The Bertz CT molecular complexity index is 2060. The minimum absolute atomic E-state index is 0.446. The highest BCUT2D eigenvalue weighted by Crippen LogP contribution is 2.62. The highest BCUT2D eigenvalue weighted by Gasteiger charge is 2.54. The van der Waals surface area contributed by atoms with Crippen LogP contribution in [-0.4, -0.2) is 18.3 Å². The van der Waals surface area contributed by atoms with Gasteiger partial charge in [-0.15, -0.1) is 0 Å². The lowest BCUT2D eigenvalue weighted by molar-refractivity contribution is 0.00578. The fraction of sp³-hybridized carbons (Fsp3) is 0.179. The summed E-state index contributed by atoms with van der Waals surface area (Å²) in [5, 5.41) is 19.4. The van der Waals surface area contributed by atoms with Crippen molar-refractivity contribution in [1.82, 2.24) is 0 Å². The number of fused-ring (bicyclic) bond motifs is 9. The van der Waals surface area contributed by atoms with Crippen molar-refractivity contribution < 1.29 is 14.0 Å². The predicted octanol–water partition coefficient (Wildman–Crippen LogP) is 7.86. The second-order valence-corrected chi connectivity index (χ2v) is 13.0. The summed E-state index contributed by atoms with van der Waals surface area (Å²) < 4.78 is 19.7. The summed E-state index contributed by atoms with van der Waals surface area (Å²) in [6.45, 7) is 8.26. The fourth-order valence-corrected chi connectivity index (χ4v) is 7.15. The van der Waals surface area contributed by atoms with Crippen LogP contribution in [0, 0.1) is 22.7 Å². The van der Waals surface area contributed by atoms with E-state index in [1.807, 2.05) is 36.4 Å². The number of hydrogen-bond donors (Lipinski definition) is 0. The molecule has 0 amide bonds. The monoisotopic (exact) mass is 584 g/mol. The molecule has 0 radical (unpaired) electrons. The molecule has 45 heavy (non-hydrogen) atoms. The number of hydrogen-bond acceptors (Lipinski definition) is 5. The normalized spacial score (nSPS) is 17.3. The maximum absolute atomic E-state index is 9.70. The highest BCUT2D eigenvalue weighted by molar-refractivity contribution is 6.62. The third-order valence-corrected chi connectivity index (χ3v) is 10.0. The van der Waals surface area contributed by atoms with Gasteiger partial charge in [-0.1, -0.05) is 66.7 Å². The largest absolute Gasteiger partial charge is 0.494 e. The predicted molar refractivity (Wildman–Crippen MR) is 174 cm³/mol. The highest BCUT2D eigenvalue weighted by atomic mass is 16.7. The molecule has 216 valence electrons. The molecule has 0 N–H and O–H groups in total. The first kappa shape index (κ1) is 27.4. The molecule has 5 aromatic rings. The van der Waals surface area contributed by atoms with Gasteiger partial charge in [0.1, 0.15) is 11.5 Å². The summed E-state index contributed by atoms with van der Waals surface area (Å²) in [7, 11) is -0.532. The molecular formula is C39H29BN2O3. The summed E-state index contributed by atoms with van der Waals surface area (Å²) in [6.07, 6.45) is 0. The average molecular weight is 584 g/mol. The van der Waals surface area contributed by atoms with E-state index in [0.717, 1.165) is 39.2 Å². The van der Waals surface area contributed by atoms with Crippen molar-refractivity contribution in [1.29, 1.82) is 10.5 Å². The molecule has 0 bridgehead atoms. The topological polar surface area (TPSA) is 75.3 Å². The van der Waals surface area contributed by atoms with Crippen LogP contribution in [0.4, 0.5) is 0 Å². The van der Waals surface area contributed by atoms with E-state index >= 15 is 0 Å². The second kappa shape index (κ2) is 9.43. The van der Waals surface area contributed by atoms with Gasteiger partial charge in [-0.25, -0.2) is 0 Å². The molecule has 3 aliphatic rings. The van der Waals surface area contributed by atoms with Gasteiger partial charge in [0.15, 0.2) is 0 Å². The molecular weight excluding hydrogens is 555 g/mol. The zero-order valence-electron chi connectivity index (χ0n) is 25.5. The molecule has 0 saturated carbocycles. The Balaban J connectivity index is 1.42. The summed E-state index contributed by atoms with van der Waals surface area (Å²) in [5.74, 6) is 1.54. The van der Waals surface area contributed by atoms with Gasteiger partial charge in [0.2, 0.25) is 0 Å². The third kappa shape index (κ3) is 3.80. The maximum atomic E-state index is 9.70. The lowest BCUT2D eigenvalue weighted by atomic mass is 9.64. The van der Waals surface area contributed by atoms with Crippen molar-refractivity contribution in [3.05, 3.63) is 137 Å². The third-order valence-electron chi connectivity index (χ3n) is 10.0. The molecule has 0 aromatic heterocycles. The van der Waals surface area contributed by atoms with Gasteiger partial charge in [-0.05, 0) is 103 Å². The first-order valence-corrected chi connectivity index (χ1v) is 15.1. The van der Waals surface area contributed by atoms with E-state index in [9.17, 15) is 10.5 Å². The van der Waals surface area contributed by atoms with Crippen LogP contribution in [-0.2, 0) is 14.7 Å². The molecule has 0 atom stereocenters. The van der Waals surface area contributed by atoms with E-state index in [1.54, 1.807) is 6.07 Å². The zero-order valence-corrected chi connectivity index (χ0v) is 25.5. The van der Waals surface area contributed by atoms with Gasteiger partial charge in [0.25, 0.3) is 0 Å². The summed E-state index contributed by atoms with van der Waals surface area (Å²) in [5.41, 5.74) is 8.58. The number of nitrogens with zero attached hydrogens (tertiary/aromatic N) is 2. The van der Waals surface area contributed by atoms with Crippen LogP contribution in [0.2, 0.25) is 0 Å². The van der Waals surface area contributed by atoms with Crippen molar-refractivity contribution >= 4 is 12.6 Å². The number of ether oxygens (including phenoxy) is 1. The van der Waals surface area contributed by atoms with Crippen LogP contribution in [0.5, 0.6) is 11.5 Å². The molecule has 2 heterocycles. The molecule has 8 rings (SSSR count). The quantitative estimate of drug-likeness (QED) is 0.193. The van der Waals surface area contributed by atoms with Crippen LogP contribution < -0.4 is 10.2 Å². The van der Waals surface area contributed by atoms with Crippen molar-refractivity contribution in [2.45, 2.75) is 44.3 Å². The van der Waals surface area contributed by atoms with Gasteiger partial charge in [-0.2, -0.15) is 10.5 Å². The van der Waals surface area contributed by atoms with Crippen molar-refractivity contribution in [2.24, 2.45) is 0 Å². The number of rotatable bonds is 2. The lowest BCUT2D eigenvalue weighted by Crippen LogP contribution is -2.41. The summed E-state index contributed by atoms with van der Waals surface area (Å²) >= 11 is 0. The SMILES string of the molecule is CC1(C)OB(c2ccc3c(c2)C2(c4cc(-c5cc(C#N)cc(C#N)c5)ccc4O3)c3ccccc3-c3ccccc32)OC1(C)C. The molecule has 5 nitrogen and oxygen atoms in total. The van der Waals surface area contributed by atoms with Gasteiger partial charge in [0.05, 0.1) is 39.9 Å². The van der Waals surface area contributed by atoms with E-state index in [1.165, 1.54) is 22.3 Å². The van der Waals surface area contributed by atoms with Crippen LogP contribution >= 0.6 is 0 Å². The summed E-state index contributed by atoms with van der Waals surface area (Å²) in [6, 6.07) is 39.3. The molecule has 2 aliphatic heterocycles. The van der Waals surface area contributed by atoms with Crippen LogP contribution in [0.3, 0.4) is 0 Å². The standard InChI is InChI=1S/C39H29BN2O3/c1-37(2)38(3,4)45-40(44-37)28-14-16-36-34(21-28)39(31-11-7-5-9-29(31)30-10-6-8-12-32(30)39)33-20-26(13-15-35(33)43-36)27-18-24(22-41)17-25(19-27)23-42/h5-21H,1-4H3. The van der Waals surface area contributed by atoms with E-state index in [0.29, 0.717) is 11.1 Å². The van der Waals surface area contributed by atoms with E-state index < -0.39 is 23.7 Å². The Morgan fingerprint density at radius 1 is 0.556 bits per heavy atom. The Kier molecular flexibility index (Phi) is 5.75. The van der Waals surface area contributed by atoms with Crippen LogP contribution in [0.15, 0.2) is 103 Å². The lowest BCUT2D eigenvalue weighted by Gasteiger charge is -2.40. The summed E-state index contributed by atoms with van der Waals surface area (Å²) in [4.78, 5) is 0. The van der Waals surface area contributed by atoms with Gasteiger partial charge in [0, 0.05) is 11.1 Å². The van der Waals surface area contributed by atoms with Crippen molar-refractivity contribution in [2.75, 3.05) is 0 Å². The van der Waals surface area contributed by atoms with Crippen molar-refractivity contribution in [3.8, 4) is 45.9 Å². The molecule has 1 aliphatic carbocycles. The average Bonchev–Trinajstić information content (AvgIpc) is 3.47. The second-order valence-electron chi connectivity index (χ2n) is 13.0. The van der Waals surface area contributed by atoms with Gasteiger partial charge < -0.3 is 14.0 Å². The molecule has 5 aromatic carbocycles. The van der Waals surface area contributed by atoms with E-state index in [2.05, 4.69) is 100 Å². The molecule has 1 saturated heterocycles. The Labute approximate surface area is 263 Å². The first-order chi connectivity index (χ1) is 21.7. The minimum atomic E-state index is -0.698. The maximum Gasteiger partial charge on any atom is 0.494 e. The number of nitriles is 2. The molecule has 1 fully saturated rings. The first-order valence-electron chi connectivity index (χ1n) is 15.1. The molecule has 1 spiro atoms. The van der Waals surface area contributed by atoms with Crippen LogP contribution in [0.25, 0.3) is 22.3 Å². The minimum Gasteiger partial charge on any atom is -0.457 e. The Morgan fingerprint density at radius 2 is 1.09 bits per heavy atom. The van der Waals surface area contributed by atoms with E-state index in [-0.39, 0.29) is 0 Å². The molecule has 0 unspecified atom stereocenters. The van der Waals surface area contributed by atoms with E-state index in [4.69, 9.17) is 14.0 Å². The van der Waals surface area contributed by atoms with Crippen molar-refractivity contribution in [3.63, 3.8) is 0 Å². The Morgan fingerprint density at radius 3 is 1.67 bits per heavy atom. The van der Waals surface area contributed by atoms with Gasteiger partial charge >= 0.3 is 7.12 Å². The fourth-order valence-electron chi connectivity index (χ4n) is 7.15. The van der Waals surface area contributed by atoms with Crippen LogP contribution in [0.1, 0.15) is 61.1 Å². The molecule has 6 heteroatoms.